The monoisotopic (exact) mass is 267 g/mol. The highest BCUT2D eigenvalue weighted by Crippen LogP contribution is 2.20. The van der Waals surface area contributed by atoms with Gasteiger partial charge in [0, 0.05) is 17.1 Å². The molecule has 0 aromatic heterocycles. The zero-order chi connectivity index (χ0) is 13.4. The summed E-state index contributed by atoms with van der Waals surface area (Å²) in [6.07, 6.45) is 6.40. The fourth-order valence-corrected chi connectivity index (χ4v) is 2.00. The van der Waals surface area contributed by atoms with E-state index in [9.17, 15) is 4.79 Å². The molecular weight excluding hydrogens is 246 g/mol. The van der Waals surface area contributed by atoms with Gasteiger partial charge in [0.1, 0.15) is 0 Å². The van der Waals surface area contributed by atoms with Crippen molar-refractivity contribution in [2.24, 2.45) is 0 Å². The van der Waals surface area contributed by atoms with Crippen molar-refractivity contribution >= 4 is 23.2 Å². The molecular formula is C15H22ClNO. The minimum absolute atomic E-state index is 0.0804. The minimum Gasteiger partial charge on any atom is -0.326 e. The number of hydrogen-bond acceptors (Lipinski definition) is 1. The molecule has 0 fully saturated rings. The Labute approximate surface area is 115 Å². The number of carbonyl (C=O) groups excluding carboxylic acids is 1. The summed E-state index contributed by atoms with van der Waals surface area (Å²) in [5.41, 5.74) is 1.86. The summed E-state index contributed by atoms with van der Waals surface area (Å²) >= 11 is 5.91. The maximum Gasteiger partial charge on any atom is 0.224 e. The summed E-state index contributed by atoms with van der Waals surface area (Å²) in [4.78, 5) is 11.8. The van der Waals surface area contributed by atoms with Crippen molar-refractivity contribution in [3.8, 4) is 0 Å². The van der Waals surface area contributed by atoms with E-state index in [2.05, 4.69) is 12.2 Å². The van der Waals surface area contributed by atoms with Gasteiger partial charge in [-0.2, -0.15) is 0 Å². The summed E-state index contributed by atoms with van der Waals surface area (Å²) in [7, 11) is 0. The third-order valence-electron chi connectivity index (χ3n) is 2.98. The number of benzene rings is 1. The summed E-state index contributed by atoms with van der Waals surface area (Å²) in [5.74, 6) is 0.0804. The molecule has 0 saturated carbocycles. The van der Waals surface area contributed by atoms with Gasteiger partial charge < -0.3 is 5.32 Å². The molecule has 1 amide bonds. The number of nitrogens with one attached hydrogen (secondary N) is 1. The highest BCUT2D eigenvalue weighted by molar-refractivity contribution is 6.31. The molecule has 1 rings (SSSR count). The van der Waals surface area contributed by atoms with E-state index >= 15 is 0 Å². The first-order chi connectivity index (χ1) is 8.63. The predicted molar refractivity (Wildman–Crippen MR) is 78.2 cm³/mol. The Morgan fingerprint density at radius 3 is 2.67 bits per heavy atom. The molecule has 1 aromatic carbocycles. The summed E-state index contributed by atoms with van der Waals surface area (Å²) < 4.78 is 0. The summed E-state index contributed by atoms with van der Waals surface area (Å²) in [6.45, 7) is 4.15. The molecule has 0 aliphatic heterocycles. The molecule has 18 heavy (non-hydrogen) atoms. The third-order valence-corrected chi connectivity index (χ3v) is 3.22. The van der Waals surface area contributed by atoms with Gasteiger partial charge in [0.05, 0.1) is 0 Å². The van der Waals surface area contributed by atoms with Crippen LogP contribution in [0.15, 0.2) is 18.2 Å². The van der Waals surface area contributed by atoms with Crippen molar-refractivity contribution in [2.45, 2.75) is 52.4 Å². The van der Waals surface area contributed by atoms with Crippen LogP contribution in [0.5, 0.6) is 0 Å². The average Bonchev–Trinajstić information content (AvgIpc) is 2.33. The number of anilines is 1. The number of unbranched alkanes of at least 4 members (excludes halogenated alkanes) is 4. The molecule has 0 bridgehead atoms. The number of halogens is 1. The van der Waals surface area contributed by atoms with E-state index in [-0.39, 0.29) is 5.91 Å². The maximum atomic E-state index is 11.8. The Morgan fingerprint density at radius 1 is 1.22 bits per heavy atom. The van der Waals surface area contributed by atoms with Crippen molar-refractivity contribution in [1.29, 1.82) is 0 Å². The zero-order valence-electron chi connectivity index (χ0n) is 11.3. The van der Waals surface area contributed by atoms with Gasteiger partial charge in [-0.15, -0.1) is 0 Å². The molecule has 1 N–H and O–H groups in total. The highest BCUT2D eigenvalue weighted by atomic mass is 35.5. The van der Waals surface area contributed by atoms with Crippen LogP contribution in [0.4, 0.5) is 5.69 Å². The first kappa shape index (κ1) is 15.0. The zero-order valence-corrected chi connectivity index (χ0v) is 12.0. The first-order valence-electron chi connectivity index (χ1n) is 6.69. The molecule has 100 valence electrons. The van der Waals surface area contributed by atoms with Crippen molar-refractivity contribution in [3.63, 3.8) is 0 Å². The first-order valence-corrected chi connectivity index (χ1v) is 7.07. The number of carbonyl (C=O) groups is 1. The van der Waals surface area contributed by atoms with Crippen LogP contribution in [0, 0.1) is 6.92 Å². The number of rotatable bonds is 7. The maximum absolute atomic E-state index is 11.8. The van der Waals surface area contributed by atoms with E-state index in [1.807, 2.05) is 19.1 Å². The lowest BCUT2D eigenvalue weighted by molar-refractivity contribution is -0.116. The second kappa shape index (κ2) is 8.15. The Bertz CT molecular complexity index is 390. The van der Waals surface area contributed by atoms with Crippen LogP contribution in [0.3, 0.4) is 0 Å². The number of aryl methyl sites for hydroxylation is 1. The smallest absolute Gasteiger partial charge is 0.224 e. The molecule has 0 atom stereocenters. The number of hydrogen-bond donors (Lipinski definition) is 1. The van der Waals surface area contributed by atoms with E-state index in [1.54, 1.807) is 6.07 Å². The van der Waals surface area contributed by atoms with Crippen molar-refractivity contribution < 1.29 is 4.79 Å². The predicted octanol–water partition coefficient (Wildman–Crippen LogP) is 4.95. The van der Waals surface area contributed by atoms with Crippen molar-refractivity contribution in [2.75, 3.05) is 5.32 Å². The van der Waals surface area contributed by atoms with Crippen LogP contribution in [0.1, 0.15) is 51.0 Å². The van der Waals surface area contributed by atoms with Gasteiger partial charge in [0.15, 0.2) is 0 Å². The van der Waals surface area contributed by atoms with Gasteiger partial charge in [0.25, 0.3) is 0 Å². The standard InChI is InChI=1S/C15H22ClNO/c1-3-4-5-6-7-8-15(18)17-14-11-13(16)10-9-12(14)2/h9-11H,3-8H2,1-2H3,(H,17,18). The lowest BCUT2D eigenvalue weighted by atomic mass is 10.1. The fourth-order valence-electron chi connectivity index (χ4n) is 1.83. The Morgan fingerprint density at radius 2 is 1.94 bits per heavy atom. The molecule has 1 aromatic rings. The van der Waals surface area contributed by atoms with E-state index in [0.29, 0.717) is 11.4 Å². The van der Waals surface area contributed by atoms with Gasteiger partial charge in [-0.25, -0.2) is 0 Å². The molecule has 0 radical (unpaired) electrons. The van der Waals surface area contributed by atoms with Crippen LogP contribution in [0.25, 0.3) is 0 Å². The number of amides is 1. The van der Waals surface area contributed by atoms with E-state index in [0.717, 1.165) is 24.1 Å². The molecule has 0 heterocycles. The molecule has 0 aliphatic carbocycles. The molecule has 0 unspecified atom stereocenters. The van der Waals surface area contributed by atoms with Crippen LogP contribution in [0.2, 0.25) is 5.02 Å². The van der Waals surface area contributed by atoms with Gasteiger partial charge in [-0.1, -0.05) is 50.3 Å². The quantitative estimate of drug-likeness (QED) is 0.696. The van der Waals surface area contributed by atoms with E-state index < -0.39 is 0 Å². The molecule has 2 nitrogen and oxygen atoms in total. The van der Waals surface area contributed by atoms with E-state index in [4.69, 9.17) is 11.6 Å². The summed E-state index contributed by atoms with van der Waals surface area (Å²) in [6, 6.07) is 5.54. The average molecular weight is 268 g/mol. The molecule has 0 aliphatic rings. The minimum atomic E-state index is 0.0804. The normalized spacial score (nSPS) is 10.4. The lowest BCUT2D eigenvalue weighted by Crippen LogP contribution is -2.12. The van der Waals surface area contributed by atoms with Crippen LogP contribution in [-0.4, -0.2) is 5.91 Å². The van der Waals surface area contributed by atoms with Crippen molar-refractivity contribution in [3.05, 3.63) is 28.8 Å². The van der Waals surface area contributed by atoms with Gasteiger partial charge in [-0.3, -0.25) is 4.79 Å². The molecule has 3 heteroatoms. The largest absolute Gasteiger partial charge is 0.326 e. The molecule has 0 spiro atoms. The van der Waals surface area contributed by atoms with Crippen LogP contribution < -0.4 is 5.32 Å². The molecule has 0 saturated heterocycles. The van der Waals surface area contributed by atoms with Gasteiger partial charge in [-0.05, 0) is 31.0 Å². The van der Waals surface area contributed by atoms with E-state index in [1.165, 1.54) is 19.3 Å². The fraction of sp³-hybridized carbons (Fsp3) is 0.533. The second-order valence-electron chi connectivity index (χ2n) is 4.67. The highest BCUT2D eigenvalue weighted by Gasteiger charge is 2.05. The summed E-state index contributed by atoms with van der Waals surface area (Å²) in [5, 5.41) is 3.57. The Balaban J connectivity index is 2.33. The second-order valence-corrected chi connectivity index (χ2v) is 5.11. The van der Waals surface area contributed by atoms with Gasteiger partial charge >= 0.3 is 0 Å². The van der Waals surface area contributed by atoms with Crippen molar-refractivity contribution in [1.82, 2.24) is 0 Å². The van der Waals surface area contributed by atoms with Crippen LogP contribution >= 0.6 is 11.6 Å². The third kappa shape index (κ3) is 5.54. The Kier molecular flexibility index (Phi) is 6.81. The van der Waals surface area contributed by atoms with Gasteiger partial charge in [0.2, 0.25) is 5.91 Å². The topological polar surface area (TPSA) is 29.1 Å². The Hall–Kier alpha value is -1.02. The van der Waals surface area contributed by atoms with Crippen LogP contribution in [-0.2, 0) is 4.79 Å². The lowest BCUT2D eigenvalue weighted by Gasteiger charge is -2.08. The SMILES string of the molecule is CCCCCCCC(=O)Nc1cc(Cl)ccc1C.